The Morgan fingerprint density at radius 2 is 1.89 bits per heavy atom. The second kappa shape index (κ2) is 7.98. The molecular formula is C20H16ClFN4S. The Kier molecular flexibility index (Phi) is 5.27. The quantitative estimate of drug-likeness (QED) is 0.596. The molecule has 7 heteroatoms. The van der Waals surface area contributed by atoms with Crippen LogP contribution in [0.15, 0.2) is 70.1 Å². The monoisotopic (exact) mass is 398 g/mol. The van der Waals surface area contributed by atoms with Gasteiger partial charge in [0.15, 0.2) is 0 Å². The normalized spacial score (nSPS) is 12.7. The lowest BCUT2D eigenvalue weighted by Gasteiger charge is -2.21. The summed E-state index contributed by atoms with van der Waals surface area (Å²) in [5, 5.41) is 6.72. The van der Waals surface area contributed by atoms with Gasteiger partial charge in [-0.1, -0.05) is 41.9 Å². The number of guanidine groups is 1. The number of benzene rings is 2. The largest absolute Gasteiger partial charge is 0.355 e. The molecule has 2 heterocycles. The van der Waals surface area contributed by atoms with Crippen LogP contribution in [-0.4, -0.2) is 17.5 Å². The van der Waals surface area contributed by atoms with Gasteiger partial charge in [-0.2, -0.15) is 4.40 Å². The highest BCUT2D eigenvalue weighted by molar-refractivity contribution is 7.98. The number of anilines is 1. The van der Waals surface area contributed by atoms with E-state index in [2.05, 4.69) is 20.0 Å². The summed E-state index contributed by atoms with van der Waals surface area (Å²) in [4.78, 5) is 5.27. The van der Waals surface area contributed by atoms with Crippen molar-refractivity contribution in [3.63, 3.8) is 0 Å². The maximum Gasteiger partial charge on any atom is 0.207 e. The third-order valence-corrected chi connectivity index (χ3v) is 5.34. The third kappa shape index (κ3) is 3.91. The fraction of sp³-hybridized carbons (Fsp3) is 0.100. The number of hydrogen-bond acceptors (Lipinski definition) is 5. The summed E-state index contributed by atoms with van der Waals surface area (Å²) in [7, 11) is 0. The van der Waals surface area contributed by atoms with Gasteiger partial charge in [0.25, 0.3) is 0 Å². The molecule has 0 amide bonds. The maximum atomic E-state index is 13.9. The Hall–Kier alpha value is -2.57. The topological polar surface area (TPSA) is 49.3 Å². The molecule has 2 aromatic carbocycles. The number of aromatic nitrogens is 1. The molecule has 4 nitrogen and oxygen atoms in total. The van der Waals surface area contributed by atoms with Gasteiger partial charge in [0.1, 0.15) is 5.82 Å². The molecule has 136 valence electrons. The number of nitrogens with zero attached hydrogens (tertiary/aromatic N) is 2. The zero-order valence-electron chi connectivity index (χ0n) is 14.2. The molecular weight excluding hydrogens is 383 g/mol. The van der Waals surface area contributed by atoms with E-state index in [9.17, 15) is 4.39 Å². The number of hydrogen-bond donors (Lipinski definition) is 2. The summed E-state index contributed by atoms with van der Waals surface area (Å²) < 4.78 is 18.4. The lowest BCUT2D eigenvalue weighted by molar-refractivity contribution is 0.629. The predicted octanol–water partition coefficient (Wildman–Crippen LogP) is 5.16. The average Bonchev–Trinajstić information content (AvgIpc) is 2.70. The van der Waals surface area contributed by atoms with Gasteiger partial charge < -0.3 is 10.6 Å². The van der Waals surface area contributed by atoms with Gasteiger partial charge in [0.05, 0.1) is 15.6 Å². The second-order valence-electron chi connectivity index (χ2n) is 5.93. The van der Waals surface area contributed by atoms with Gasteiger partial charge in [-0.3, -0.25) is 4.98 Å². The molecule has 27 heavy (non-hydrogen) atoms. The highest BCUT2D eigenvalue weighted by atomic mass is 35.5. The summed E-state index contributed by atoms with van der Waals surface area (Å²) in [6, 6.07) is 16.5. The lowest BCUT2D eigenvalue weighted by Crippen LogP contribution is -2.33. The molecule has 3 aromatic rings. The van der Waals surface area contributed by atoms with E-state index < -0.39 is 5.82 Å². The van der Waals surface area contributed by atoms with Crippen molar-refractivity contribution in [1.29, 1.82) is 0 Å². The third-order valence-electron chi connectivity index (χ3n) is 4.15. The van der Waals surface area contributed by atoms with Gasteiger partial charge in [-0.05, 0) is 24.3 Å². The van der Waals surface area contributed by atoms with E-state index in [0.717, 1.165) is 28.3 Å². The van der Waals surface area contributed by atoms with E-state index >= 15 is 0 Å². The first-order chi connectivity index (χ1) is 13.2. The minimum absolute atomic E-state index is 0.116. The number of halogens is 2. The van der Waals surface area contributed by atoms with Crippen LogP contribution in [0.3, 0.4) is 0 Å². The highest BCUT2D eigenvalue weighted by Gasteiger charge is 2.19. The smallest absolute Gasteiger partial charge is 0.207 e. The fourth-order valence-corrected chi connectivity index (χ4v) is 3.76. The van der Waals surface area contributed by atoms with Crippen LogP contribution in [0, 0.1) is 5.82 Å². The molecule has 1 aromatic heterocycles. The van der Waals surface area contributed by atoms with Crippen molar-refractivity contribution in [1.82, 2.24) is 10.3 Å². The predicted molar refractivity (Wildman–Crippen MR) is 110 cm³/mol. The molecule has 4 rings (SSSR count). The van der Waals surface area contributed by atoms with E-state index in [-0.39, 0.29) is 5.02 Å². The standard InChI is InChI=1S/C20H16ClFN4S/c21-18-14(6-3-8-16(18)22)15-7-4-9-17-19(15)25-20(26-27-17)24-12-10-13-5-1-2-11-23-13/h1-9,11H,10,12H2,(H2,24,25,26). The van der Waals surface area contributed by atoms with Crippen LogP contribution in [-0.2, 0) is 6.42 Å². The molecule has 0 atom stereocenters. The van der Waals surface area contributed by atoms with Crippen molar-refractivity contribution in [3.8, 4) is 11.1 Å². The van der Waals surface area contributed by atoms with Crippen molar-refractivity contribution in [2.24, 2.45) is 4.40 Å². The van der Waals surface area contributed by atoms with E-state index in [4.69, 9.17) is 11.6 Å². The van der Waals surface area contributed by atoms with Crippen molar-refractivity contribution < 1.29 is 4.39 Å². The van der Waals surface area contributed by atoms with Crippen LogP contribution >= 0.6 is 23.5 Å². The molecule has 0 aliphatic carbocycles. The van der Waals surface area contributed by atoms with Crippen LogP contribution in [0.25, 0.3) is 11.1 Å². The number of pyridine rings is 1. The Bertz CT molecular complexity index is 995. The molecule has 0 radical (unpaired) electrons. The highest BCUT2D eigenvalue weighted by Crippen LogP contribution is 2.41. The summed E-state index contributed by atoms with van der Waals surface area (Å²) in [6.45, 7) is 0.696. The molecule has 0 spiro atoms. The number of fused-ring (bicyclic) bond motifs is 1. The van der Waals surface area contributed by atoms with E-state index in [1.807, 2.05) is 42.5 Å². The van der Waals surface area contributed by atoms with Crippen LogP contribution in [0.5, 0.6) is 0 Å². The Balaban J connectivity index is 1.52. The Morgan fingerprint density at radius 3 is 2.74 bits per heavy atom. The molecule has 0 saturated heterocycles. The molecule has 1 aliphatic heterocycles. The SMILES string of the molecule is Fc1cccc(-c2cccc3c2NC(NCCc2ccccn2)=NS3)c1Cl. The van der Waals surface area contributed by atoms with Crippen LogP contribution in [0.4, 0.5) is 10.1 Å². The molecule has 0 saturated carbocycles. The molecule has 1 aliphatic rings. The number of nitrogens with one attached hydrogen (secondary N) is 2. The summed E-state index contributed by atoms with van der Waals surface area (Å²) in [5.74, 6) is 0.223. The van der Waals surface area contributed by atoms with Gasteiger partial charge in [0.2, 0.25) is 5.96 Å². The van der Waals surface area contributed by atoms with Gasteiger partial charge >= 0.3 is 0 Å². The zero-order chi connectivity index (χ0) is 18.6. The first-order valence-corrected chi connectivity index (χ1v) is 9.61. The van der Waals surface area contributed by atoms with E-state index in [1.54, 1.807) is 12.3 Å². The van der Waals surface area contributed by atoms with E-state index in [1.165, 1.54) is 18.0 Å². The van der Waals surface area contributed by atoms with Crippen molar-refractivity contribution >= 4 is 35.2 Å². The van der Waals surface area contributed by atoms with Crippen LogP contribution in [0.2, 0.25) is 5.02 Å². The molecule has 2 N–H and O–H groups in total. The molecule has 0 unspecified atom stereocenters. The first-order valence-electron chi connectivity index (χ1n) is 8.45. The van der Waals surface area contributed by atoms with Crippen LogP contribution < -0.4 is 10.6 Å². The van der Waals surface area contributed by atoms with Crippen molar-refractivity contribution in [3.05, 3.63) is 77.3 Å². The summed E-state index contributed by atoms with van der Waals surface area (Å²) in [5.41, 5.74) is 3.37. The Labute approximate surface area is 166 Å². The average molecular weight is 399 g/mol. The van der Waals surface area contributed by atoms with Crippen LogP contribution in [0.1, 0.15) is 5.69 Å². The lowest BCUT2D eigenvalue weighted by atomic mass is 10.0. The number of rotatable bonds is 4. The Morgan fingerprint density at radius 1 is 1.04 bits per heavy atom. The van der Waals surface area contributed by atoms with Crippen molar-refractivity contribution in [2.75, 3.05) is 11.9 Å². The summed E-state index contributed by atoms with van der Waals surface area (Å²) in [6.07, 6.45) is 2.57. The van der Waals surface area contributed by atoms with Gasteiger partial charge in [0, 0.05) is 47.9 Å². The number of para-hydroxylation sites is 1. The van der Waals surface area contributed by atoms with Crippen molar-refractivity contribution in [2.45, 2.75) is 11.3 Å². The molecule has 0 bridgehead atoms. The first kappa shape index (κ1) is 17.8. The van der Waals surface area contributed by atoms with E-state index in [0.29, 0.717) is 18.1 Å². The second-order valence-corrected chi connectivity index (χ2v) is 7.12. The summed E-state index contributed by atoms with van der Waals surface area (Å²) >= 11 is 7.57. The van der Waals surface area contributed by atoms with Gasteiger partial charge in [-0.25, -0.2) is 4.39 Å². The fourth-order valence-electron chi connectivity index (χ4n) is 2.84. The zero-order valence-corrected chi connectivity index (χ0v) is 15.8. The molecule has 0 fully saturated rings. The minimum Gasteiger partial charge on any atom is -0.355 e. The minimum atomic E-state index is -0.433. The van der Waals surface area contributed by atoms with Gasteiger partial charge in [-0.15, -0.1) is 0 Å². The maximum absolute atomic E-state index is 13.9.